The lowest BCUT2D eigenvalue weighted by atomic mass is 10.0. The van der Waals surface area contributed by atoms with Crippen LogP contribution in [0.3, 0.4) is 0 Å². The van der Waals surface area contributed by atoms with Crippen LogP contribution in [0.25, 0.3) is 0 Å². The van der Waals surface area contributed by atoms with E-state index in [1.54, 1.807) is 0 Å². The van der Waals surface area contributed by atoms with Crippen LogP contribution in [0.15, 0.2) is 18.2 Å². The van der Waals surface area contributed by atoms with Gasteiger partial charge < -0.3 is 10.1 Å². The van der Waals surface area contributed by atoms with E-state index in [0.29, 0.717) is 18.2 Å². The number of nitro groups is 1. The Hall–Kier alpha value is -1.80. The third-order valence-corrected chi connectivity index (χ3v) is 3.78. The van der Waals surface area contributed by atoms with Crippen molar-refractivity contribution in [2.24, 2.45) is 0 Å². The molecule has 1 atom stereocenters. The van der Waals surface area contributed by atoms with E-state index >= 15 is 0 Å². The van der Waals surface area contributed by atoms with Crippen LogP contribution in [0.4, 0.5) is 14.5 Å². The van der Waals surface area contributed by atoms with Crippen LogP contribution in [0.1, 0.15) is 18.4 Å². The van der Waals surface area contributed by atoms with Crippen LogP contribution in [0.2, 0.25) is 0 Å². The summed E-state index contributed by atoms with van der Waals surface area (Å²) in [6.07, 6.45) is 2.05. The number of alkyl halides is 2. The van der Waals surface area contributed by atoms with Gasteiger partial charge in [-0.2, -0.15) is 8.78 Å². The molecule has 0 saturated carbocycles. The van der Waals surface area contributed by atoms with Gasteiger partial charge in [-0.3, -0.25) is 15.0 Å². The van der Waals surface area contributed by atoms with Crippen molar-refractivity contribution >= 4 is 5.69 Å². The predicted molar refractivity (Wildman–Crippen MR) is 77.1 cm³/mol. The van der Waals surface area contributed by atoms with Crippen molar-refractivity contribution in [3.05, 3.63) is 33.9 Å². The normalized spacial score (nSPS) is 19.4. The zero-order chi connectivity index (χ0) is 16.1. The summed E-state index contributed by atoms with van der Waals surface area (Å²) in [6, 6.07) is 4.06. The van der Waals surface area contributed by atoms with Gasteiger partial charge in [0.05, 0.1) is 4.92 Å². The highest BCUT2D eigenvalue weighted by Crippen LogP contribution is 2.27. The molecule has 22 heavy (non-hydrogen) atoms. The number of hydrogen-bond acceptors (Lipinski definition) is 5. The second kappa shape index (κ2) is 7.46. The fourth-order valence-electron chi connectivity index (χ4n) is 2.69. The molecule has 122 valence electrons. The van der Waals surface area contributed by atoms with E-state index in [4.69, 9.17) is 0 Å². The first-order valence-corrected chi connectivity index (χ1v) is 7.11. The molecule has 1 aromatic carbocycles. The lowest BCUT2D eigenvalue weighted by molar-refractivity contribution is -0.385. The van der Waals surface area contributed by atoms with Gasteiger partial charge in [0.2, 0.25) is 0 Å². The smallest absolute Gasteiger partial charge is 0.387 e. The van der Waals surface area contributed by atoms with Crippen molar-refractivity contribution in [1.29, 1.82) is 0 Å². The number of nitrogens with zero attached hydrogens (tertiary/aromatic N) is 2. The number of rotatable bonds is 6. The summed E-state index contributed by atoms with van der Waals surface area (Å²) in [5, 5.41) is 14.1. The molecular formula is C14H19F2N3O3. The molecule has 0 radical (unpaired) electrons. The molecule has 0 amide bonds. The maximum atomic E-state index is 12.5. The Morgan fingerprint density at radius 2 is 2.32 bits per heavy atom. The highest BCUT2D eigenvalue weighted by Gasteiger charge is 2.21. The molecule has 1 N–H and O–H groups in total. The first-order valence-electron chi connectivity index (χ1n) is 7.11. The average molecular weight is 315 g/mol. The lowest BCUT2D eigenvalue weighted by Gasteiger charge is -2.32. The van der Waals surface area contributed by atoms with Crippen LogP contribution in [0, 0.1) is 10.1 Å². The van der Waals surface area contributed by atoms with Crippen molar-refractivity contribution in [3.63, 3.8) is 0 Å². The molecular weight excluding hydrogens is 296 g/mol. The topological polar surface area (TPSA) is 67.6 Å². The molecule has 0 aliphatic carbocycles. The second-order valence-electron chi connectivity index (χ2n) is 5.29. The fourth-order valence-corrected chi connectivity index (χ4v) is 2.69. The van der Waals surface area contributed by atoms with E-state index in [1.165, 1.54) is 18.2 Å². The SMILES string of the molecule is CNC1CCCN(Cc2cc([N+](=O)[O-])ccc2OC(F)F)C1. The monoisotopic (exact) mass is 315 g/mol. The third-order valence-electron chi connectivity index (χ3n) is 3.78. The molecule has 6 nitrogen and oxygen atoms in total. The molecule has 0 aromatic heterocycles. The number of nitrogens with one attached hydrogen (secondary N) is 1. The van der Waals surface area contributed by atoms with Gasteiger partial charge in [-0.05, 0) is 32.5 Å². The van der Waals surface area contributed by atoms with Crippen molar-refractivity contribution in [1.82, 2.24) is 10.2 Å². The third kappa shape index (κ3) is 4.35. The Balaban J connectivity index is 2.18. The van der Waals surface area contributed by atoms with Gasteiger partial charge in [0.25, 0.3) is 5.69 Å². The number of likely N-dealkylation sites (tertiary alicyclic amines) is 1. The number of hydrogen-bond donors (Lipinski definition) is 1. The minimum atomic E-state index is -2.95. The van der Waals surface area contributed by atoms with Gasteiger partial charge in [-0.15, -0.1) is 0 Å². The van der Waals surface area contributed by atoms with E-state index in [0.717, 1.165) is 25.9 Å². The van der Waals surface area contributed by atoms with Crippen LogP contribution >= 0.6 is 0 Å². The highest BCUT2D eigenvalue weighted by atomic mass is 19.3. The number of nitro benzene ring substituents is 1. The minimum absolute atomic E-state index is 0.00724. The Bertz CT molecular complexity index is 528. The Labute approximate surface area is 127 Å². The van der Waals surface area contributed by atoms with Crippen molar-refractivity contribution in [3.8, 4) is 5.75 Å². The van der Waals surface area contributed by atoms with Crippen molar-refractivity contribution in [2.45, 2.75) is 32.0 Å². The Kier molecular flexibility index (Phi) is 5.62. The molecule has 1 fully saturated rings. The van der Waals surface area contributed by atoms with Crippen molar-refractivity contribution < 1.29 is 18.4 Å². The van der Waals surface area contributed by atoms with Crippen LogP contribution in [0.5, 0.6) is 5.75 Å². The molecule has 2 rings (SSSR count). The number of halogens is 2. The molecule has 1 heterocycles. The van der Waals surface area contributed by atoms with Gasteiger partial charge in [0.1, 0.15) is 5.75 Å². The average Bonchev–Trinajstić information content (AvgIpc) is 2.48. The molecule has 1 aliphatic rings. The number of benzene rings is 1. The van der Waals surface area contributed by atoms with Gasteiger partial charge in [-0.1, -0.05) is 0 Å². The number of likely N-dealkylation sites (N-methyl/N-ethyl adjacent to an activating group) is 1. The molecule has 8 heteroatoms. The maximum absolute atomic E-state index is 12.5. The predicted octanol–water partition coefficient (Wildman–Crippen LogP) is 2.38. The number of piperidine rings is 1. The zero-order valence-electron chi connectivity index (χ0n) is 12.3. The molecule has 0 bridgehead atoms. The second-order valence-corrected chi connectivity index (χ2v) is 5.29. The van der Waals surface area contributed by atoms with Crippen LogP contribution < -0.4 is 10.1 Å². The van der Waals surface area contributed by atoms with Gasteiger partial charge >= 0.3 is 6.61 Å². The minimum Gasteiger partial charge on any atom is -0.434 e. The number of non-ortho nitro benzene ring substituents is 1. The summed E-state index contributed by atoms with van der Waals surface area (Å²) in [5.41, 5.74) is 0.282. The van der Waals surface area contributed by atoms with Crippen molar-refractivity contribution in [2.75, 3.05) is 20.1 Å². The van der Waals surface area contributed by atoms with E-state index in [2.05, 4.69) is 15.0 Å². The zero-order valence-corrected chi connectivity index (χ0v) is 12.3. The van der Waals surface area contributed by atoms with Gasteiger partial charge in [0.15, 0.2) is 0 Å². The fraction of sp³-hybridized carbons (Fsp3) is 0.571. The highest BCUT2D eigenvalue weighted by molar-refractivity contribution is 5.43. The van der Waals surface area contributed by atoms with E-state index in [-0.39, 0.29) is 11.4 Å². The summed E-state index contributed by atoms with van der Waals surface area (Å²) < 4.78 is 29.4. The van der Waals surface area contributed by atoms with Gasteiger partial charge in [-0.25, -0.2) is 0 Å². The standard InChI is InChI=1S/C14H19F2N3O3/c1-17-11-3-2-6-18(9-11)8-10-7-12(19(20)21)4-5-13(10)22-14(15)16/h4-5,7,11,14,17H,2-3,6,8-9H2,1H3. The molecule has 1 saturated heterocycles. The lowest BCUT2D eigenvalue weighted by Crippen LogP contribution is -2.43. The quantitative estimate of drug-likeness (QED) is 0.645. The summed E-state index contributed by atoms with van der Waals surface area (Å²) >= 11 is 0. The summed E-state index contributed by atoms with van der Waals surface area (Å²) in [4.78, 5) is 12.4. The van der Waals surface area contributed by atoms with E-state index in [1.807, 2.05) is 7.05 Å². The molecule has 1 aliphatic heterocycles. The summed E-state index contributed by atoms with van der Waals surface area (Å²) in [7, 11) is 1.88. The largest absolute Gasteiger partial charge is 0.434 e. The van der Waals surface area contributed by atoms with Gasteiger partial charge in [0, 0.05) is 36.8 Å². The summed E-state index contributed by atoms with van der Waals surface area (Å²) in [6.45, 7) is -1.00. The van der Waals surface area contributed by atoms with Crippen LogP contribution in [-0.4, -0.2) is 42.6 Å². The molecule has 0 spiro atoms. The van der Waals surface area contributed by atoms with Crippen LogP contribution in [-0.2, 0) is 6.54 Å². The van der Waals surface area contributed by atoms with E-state index in [9.17, 15) is 18.9 Å². The Morgan fingerprint density at radius 3 is 2.95 bits per heavy atom. The van der Waals surface area contributed by atoms with E-state index < -0.39 is 11.5 Å². The molecule has 1 unspecified atom stereocenters. The molecule has 1 aromatic rings. The first-order chi connectivity index (χ1) is 10.5. The summed E-state index contributed by atoms with van der Waals surface area (Å²) in [5.74, 6) is -0.00724. The Morgan fingerprint density at radius 1 is 1.55 bits per heavy atom. The number of ether oxygens (including phenoxy) is 1. The first kappa shape index (κ1) is 16.6. The maximum Gasteiger partial charge on any atom is 0.387 e.